The van der Waals surface area contributed by atoms with Crippen molar-refractivity contribution >= 4 is 26.7 Å². The monoisotopic (exact) mass is 344 g/mol. The van der Waals surface area contributed by atoms with Crippen LogP contribution < -0.4 is 4.31 Å². The van der Waals surface area contributed by atoms with E-state index in [1.54, 1.807) is 30.9 Å². The Kier molecular flexibility index (Phi) is 3.83. The van der Waals surface area contributed by atoms with E-state index in [4.69, 9.17) is 0 Å². The van der Waals surface area contributed by atoms with E-state index >= 15 is 0 Å². The second kappa shape index (κ2) is 5.59. The van der Waals surface area contributed by atoms with Crippen LogP contribution in [0.5, 0.6) is 0 Å². The molecule has 6 nitrogen and oxygen atoms in total. The van der Waals surface area contributed by atoms with Gasteiger partial charge in [-0.1, -0.05) is 12.1 Å². The molecule has 0 aliphatic heterocycles. The minimum absolute atomic E-state index is 0.162. The largest absolute Gasteiger partial charge is 0.269 e. The first-order valence-corrected chi connectivity index (χ1v) is 9.02. The maximum absolute atomic E-state index is 13.0. The standard InChI is InChI=1S/C17H20N4O2S/c1-11-7-6-8-16(12(11)2)21(5)24(22,23)14-9-15-13(3)19-20(4)17(15)18-10-14/h6-10H,1-5H3. The Bertz CT molecular complexity index is 1040. The van der Waals surface area contributed by atoms with E-state index in [9.17, 15) is 8.42 Å². The zero-order valence-corrected chi connectivity index (χ0v) is 15.2. The van der Waals surface area contributed by atoms with E-state index in [0.717, 1.165) is 22.2 Å². The molecule has 0 spiro atoms. The lowest BCUT2D eigenvalue weighted by molar-refractivity contribution is 0.594. The van der Waals surface area contributed by atoms with Crippen LogP contribution in [0.2, 0.25) is 0 Å². The maximum Gasteiger partial charge on any atom is 0.265 e. The molecule has 2 heterocycles. The van der Waals surface area contributed by atoms with Gasteiger partial charge in [-0.25, -0.2) is 13.4 Å². The summed E-state index contributed by atoms with van der Waals surface area (Å²) in [7, 11) is -0.339. The van der Waals surface area contributed by atoms with Gasteiger partial charge in [-0.15, -0.1) is 0 Å². The van der Waals surface area contributed by atoms with Crippen LogP contribution in [-0.4, -0.2) is 30.2 Å². The third kappa shape index (κ3) is 2.45. The van der Waals surface area contributed by atoms with E-state index in [1.165, 1.54) is 10.5 Å². The molecule has 0 atom stereocenters. The van der Waals surface area contributed by atoms with Gasteiger partial charge in [-0.3, -0.25) is 8.99 Å². The van der Waals surface area contributed by atoms with Crippen LogP contribution in [0, 0.1) is 20.8 Å². The summed E-state index contributed by atoms with van der Waals surface area (Å²) in [5.41, 5.74) is 4.08. The van der Waals surface area contributed by atoms with E-state index in [1.807, 2.05) is 32.9 Å². The molecule has 0 radical (unpaired) electrons. The van der Waals surface area contributed by atoms with Gasteiger partial charge < -0.3 is 0 Å². The smallest absolute Gasteiger partial charge is 0.265 e. The van der Waals surface area contributed by atoms with Gasteiger partial charge in [0.1, 0.15) is 4.90 Å². The van der Waals surface area contributed by atoms with Crippen LogP contribution in [0.15, 0.2) is 35.4 Å². The lowest BCUT2D eigenvalue weighted by Crippen LogP contribution is -2.27. The third-order valence-electron chi connectivity index (χ3n) is 4.41. The summed E-state index contributed by atoms with van der Waals surface area (Å²) in [6.07, 6.45) is 1.39. The molecule has 0 saturated carbocycles. The van der Waals surface area contributed by atoms with E-state index in [0.29, 0.717) is 11.3 Å². The molecule has 126 valence electrons. The second-order valence-electron chi connectivity index (χ2n) is 5.94. The molecule has 1 aromatic carbocycles. The van der Waals surface area contributed by atoms with Gasteiger partial charge in [0.25, 0.3) is 10.0 Å². The van der Waals surface area contributed by atoms with Gasteiger partial charge in [0, 0.05) is 25.7 Å². The fraction of sp³-hybridized carbons (Fsp3) is 0.294. The molecule has 0 fully saturated rings. The normalized spacial score (nSPS) is 11.9. The fourth-order valence-electron chi connectivity index (χ4n) is 2.79. The zero-order chi connectivity index (χ0) is 17.6. The quantitative estimate of drug-likeness (QED) is 0.733. The van der Waals surface area contributed by atoms with Crippen LogP contribution in [0.25, 0.3) is 11.0 Å². The summed E-state index contributed by atoms with van der Waals surface area (Å²) in [5, 5.41) is 5.03. The third-order valence-corrected chi connectivity index (χ3v) is 6.15. The van der Waals surface area contributed by atoms with Gasteiger partial charge in [0.15, 0.2) is 5.65 Å². The number of rotatable bonds is 3. The van der Waals surface area contributed by atoms with Crippen LogP contribution in [0.3, 0.4) is 0 Å². The van der Waals surface area contributed by atoms with E-state index in [2.05, 4.69) is 10.1 Å². The minimum Gasteiger partial charge on any atom is -0.269 e. The summed E-state index contributed by atoms with van der Waals surface area (Å²) in [4.78, 5) is 4.44. The van der Waals surface area contributed by atoms with Crippen molar-refractivity contribution in [1.82, 2.24) is 14.8 Å². The number of hydrogen-bond acceptors (Lipinski definition) is 4. The first kappa shape index (κ1) is 16.4. The van der Waals surface area contributed by atoms with E-state index in [-0.39, 0.29) is 4.90 Å². The number of aryl methyl sites for hydroxylation is 3. The predicted molar refractivity (Wildman–Crippen MR) is 94.8 cm³/mol. The minimum atomic E-state index is -3.70. The van der Waals surface area contributed by atoms with Crippen molar-refractivity contribution in [2.45, 2.75) is 25.7 Å². The predicted octanol–water partition coefficient (Wildman–Crippen LogP) is 2.72. The van der Waals surface area contributed by atoms with Gasteiger partial charge >= 0.3 is 0 Å². The van der Waals surface area contributed by atoms with Gasteiger partial charge in [0.05, 0.1) is 11.4 Å². The Morgan fingerprint density at radius 3 is 2.58 bits per heavy atom. The highest BCUT2D eigenvalue weighted by molar-refractivity contribution is 7.92. The average molecular weight is 344 g/mol. The number of nitrogens with zero attached hydrogens (tertiary/aromatic N) is 4. The van der Waals surface area contributed by atoms with Crippen molar-refractivity contribution in [1.29, 1.82) is 0 Å². The topological polar surface area (TPSA) is 68.1 Å². The molecule has 0 aliphatic carbocycles. The molecular formula is C17H20N4O2S. The number of fused-ring (bicyclic) bond motifs is 1. The number of hydrogen-bond donors (Lipinski definition) is 0. The van der Waals surface area contributed by atoms with Crippen LogP contribution >= 0.6 is 0 Å². The Hall–Kier alpha value is -2.41. The zero-order valence-electron chi connectivity index (χ0n) is 14.4. The Morgan fingerprint density at radius 2 is 1.88 bits per heavy atom. The fourth-order valence-corrected chi connectivity index (χ4v) is 4.02. The number of anilines is 1. The molecular weight excluding hydrogens is 324 g/mol. The van der Waals surface area contributed by atoms with Gasteiger partial charge in [0.2, 0.25) is 0 Å². The molecule has 0 unspecified atom stereocenters. The summed E-state index contributed by atoms with van der Waals surface area (Å²) in [5.74, 6) is 0. The van der Waals surface area contributed by atoms with Crippen molar-refractivity contribution < 1.29 is 8.42 Å². The molecule has 7 heteroatoms. The first-order chi connectivity index (χ1) is 11.2. The Morgan fingerprint density at radius 1 is 1.17 bits per heavy atom. The van der Waals surface area contributed by atoms with Crippen LogP contribution in [-0.2, 0) is 17.1 Å². The molecule has 0 N–H and O–H groups in total. The van der Waals surface area contributed by atoms with E-state index < -0.39 is 10.0 Å². The highest BCUT2D eigenvalue weighted by Gasteiger charge is 2.24. The molecule has 0 saturated heterocycles. The molecule has 0 aliphatic rings. The summed E-state index contributed by atoms with van der Waals surface area (Å²) < 4.78 is 29.0. The molecule has 24 heavy (non-hydrogen) atoms. The van der Waals surface area contributed by atoms with Crippen molar-refractivity contribution in [3.63, 3.8) is 0 Å². The van der Waals surface area contributed by atoms with Crippen molar-refractivity contribution in [3.05, 3.63) is 47.3 Å². The highest BCUT2D eigenvalue weighted by Crippen LogP contribution is 2.28. The Balaban J connectivity index is 2.13. The lowest BCUT2D eigenvalue weighted by Gasteiger charge is -2.22. The molecule has 0 bridgehead atoms. The number of benzene rings is 1. The average Bonchev–Trinajstić information content (AvgIpc) is 2.83. The first-order valence-electron chi connectivity index (χ1n) is 7.58. The van der Waals surface area contributed by atoms with Crippen molar-refractivity contribution in [3.8, 4) is 0 Å². The summed E-state index contributed by atoms with van der Waals surface area (Å²) in [6.45, 7) is 5.73. The molecule has 3 aromatic rings. The molecule has 3 rings (SSSR count). The number of aromatic nitrogens is 3. The second-order valence-corrected chi connectivity index (χ2v) is 7.91. The van der Waals surface area contributed by atoms with Gasteiger partial charge in [-0.05, 0) is 44.0 Å². The van der Waals surface area contributed by atoms with Crippen LogP contribution in [0.4, 0.5) is 5.69 Å². The summed E-state index contributed by atoms with van der Waals surface area (Å²) >= 11 is 0. The Labute approximate surface area is 141 Å². The highest BCUT2D eigenvalue weighted by atomic mass is 32.2. The number of pyridine rings is 1. The van der Waals surface area contributed by atoms with Crippen molar-refractivity contribution in [2.75, 3.05) is 11.4 Å². The van der Waals surface area contributed by atoms with Gasteiger partial charge in [-0.2, -0.15) is 5.10 Å². The maximum atomic E-state index is 13.0. The van der Waals surface area contributed by atoms with Crippen molar-refractivity contribution in [2.24, 2.45) is 7.05 Å². The molecule has 0 amide bonds. The lowest BCUT2D eigenvalue weighted by atomic mass is 10.1. The van der Waals surface area contributed by atoms with Crippen LogP contribution in [0.1, 0.15) is 16.8 Å². The number of sulfonamides is 1. The summed E-state index contributed by atoms with van der Waals surface area (Å²) in [6, 6.07) is 7.27. The molecule has 2 aromatic heterocycles. The SMILES string of the molecule is Cc1cccc(N(C)S(=O)(=O)c2cnc3c(c2)c(C)nn3C)c1C.